The number of benzene rings is 1. The summed E-state index contributed by atoms with van der Waals surface area (Å²) in [6, 6.07) is 3.73. The van der Waals surface area contributed by atoms with Crippen LogP contribution in [0.4, 0.5) is 0 Å². The predicted molar refractivity (Wildman–Crippen MR) is 106 cm³/mol. The lowest BCUT2D eigenvalue weighted by Crippen LogP contribution is -2.52. The van der Waals surface area contributed by atoms with Crippen molar-refractivity contribution in [1.82, 2.24) is 14.5 Å². The standard InChI is InChI=1S/C20H31N3O3S/c1-15-12-16(2)20(17(3)13-15)27(25,26)23(18-6-4-5-7-18)14-19(24)22-10-8-21-9-11-22/h12-13,18,21H,4-11,14H2,1-3H3. The number of nitrogens with one attached hydrogen (secondary N) is 1. The van der Waals surface area contributed by atoms with E-state index in [0.29, 0.717) is 18.0 Å². The van der Waals surface area contributed by atoms with E-state index >= 15 is 0 Å². The van der Waals surface area contributed by atoms with Crippen molar-refractivity contribution < 1.29 is 13.2 Å². The van der Waals surface area contributed by atoms with Crippen molar-refractivity contribution >= 4 is 15.9 Å². The molecule has 7 heteroatoms. The summed E-state index contributed by atoms with van der Waals surface area (Å²) in [4.78, 5) is 15.0. The fraction of sp³-hybridized carbons (Fsp3) is 0.650. The summed E-state index contributed by atoms with van der Waals surface area (Å²) in [6.07, 6.45) is 3.70. The first-order chi connectivity index (χ1) is 12.8. The molecule has 1 aromatic rings. The van der Waals surface area contributed by atoms with Gasteiger partial charge in [-0.15, -0.1) is 0 Å². The molecule has 0 spiro atoms. The highest BCUT2D eigenvalue weighted by Gasteiger charge is 2.37. The second-order valence-electron chi connectivity index (χ2n) is 7.85. The second-order valence-corrected chi connectivity index (χ2v) is 9.67. The maximum atomic E-state index is 13.6. The average molecular weight is 394 g/mol. The van der Waals surface area contributed by atoms with E-state index in [0.717, 1.165) is 55.5 Å². The molecule has 0 radical (unpaired) electrons. The Bertz CT molecular complexity index is 772. The van der Waals surface area contributed by atoms with Crippen LogP contribution in [0, 0.1) is 20.8 Å². The van der Waals surface area contributed by atoms with Gasteiger partial charge in [-0.25, -0.2) is 8.42 Å². The van der Waals surface area contributed by atoms with Gasteiger partial charge in [0.25, 0.3) is 0 Å². The summed E-state index contributed by atoms with van der Waals surface area (Å²) in [5, 5.41) is 3.23. The lowest BCUT2D eigenvalue weighted by molar-refractivity contribution is -0.132. The number of rotatable bonds is 5. The Kier molecular flexibility index (Phi) is 6.23. The summed E-state index contributed by atoms with van der Waals surface area (Å²) < 4.78 is 28.8. The third-order valence-electron chi connectivity index (χ3n) is 5.66. The molecule has 150 valence electrons. The number of carbonyl (C=O) groups is 1. The largest absolute Gasteiger partial charge is 0.339 e. The number of carbonyl (C=O) groups excluding carboxylic acids is 1. The van der Waals surface area contributed by atoms with Gasteiger partial charge in [0.1, 0.15) is 0 Å². The molecular weight excluding hydrogens is 362 g/mol. The van der Waals surface area contributed by atoms with Crippen LogP contribution >= 0.6 is 0 Å². The third-order valence-corrected chi connectivity index (χ3v) is 7.87. The Morgan fingerprint density at radius 2 is 1.67 bits per heavy atom. The van der Waals surface area contributed by atoms with Crippen LogP contribution in [0.3, 0.4) is 0 Å². The van der Waals surface area contributed by atoms with Crippen LogP contribution in [0.1, 0.15) is 42.4 Å². The average Bonchev–Trinajstić information content (AvgIpc) is 3.13. The van der Waals surface area contributed by atoms with Gasteiger partial charge in [-0.1, -0.05) is 30.5 Å². The maximum absolute atomic E-state index is 13.6. The fourth-order valence-corrected chi connectivity index (χ4v) is 6.49. The molecular formula is C20H31N3O3S. The lowest BCUT2D eigenvalue weighted by Gasteiger charge is -2.33. The molecule has 2 fully saturated rings. The Labute approximate surface area is 163 Å². The number of hydrogen-bond donors (Lipinski definition) is 1. The maximum Gasteiger partial charge on any atom is 0.244 e. The number of piperazine rings is 1. The number of amides is 1. The van der Waals surface area contributed by atoms with Crippen LogP contribution < -0.4 is 5.32 Å². The van der Waals surface area contributed by atoms with Gasteiger partial charge in [0.2, 0.25) is 15.9 Å². The first-order valence-corrected chi connectivity index (χ1v) is 11.3. The van der Waals surface area contributed by atoms with Gasteiger partial charge in [0.05, 0.1) is 11.4 Å². The zero-order valence-corrected chi connectivity index (χ0v) is 17.4. The SMILES string of the molecule is Cc1cc(C)c(S(=O)(=O)N(CC(=O)N2CCNCC2)C2CCCC2)c(C)c1. The molecule has 0 aromatic heterocycles. The van der Waals surface area contributed by atoms with E-state index in [-0.39, 0.29) is 18.5 Å². The van der Waals surface area contributed by atoms with Gasteiger partial charge in [-0.05, 0) is 44.7 Å². The van der Waals surface area contributed by atoms with Gasteiger partial charge in [-0.3, -0.25) is 4.79 Å². The van der Waals surface area contributed by atoms with Crippen LogP contribution in [-0.4, -0.2) is 62.3 Å². The molecule has 6 nitrogen and oxygen atoms in total. The molecule has 0 unspecified atom stereocenters. The minimum Gasteiger partial charge on any atom is -0.339 e. The molecule has 1 heterocycles. The number of nitrogens with zero attached hydrogens (tertiary/aromatic N) is 2. The molecule has 2 aliphatic rings. The van der Waals surface area contributed by atoms with Crippen LogP contribution in [0.25, 0.3) is 0 Å². The Morgan fingerprint density at radius 1 is 1.11 bits per heavy atom. The highest BCUT2D eigenvalue weighted by atomic mass is 32.2. The van der Waals surface area contributed by atoms with Crippen LogP contribution in [0.15, 0.2) is 17.0 Å². The Morgan fingerprint density at radius 3 is 2.22 bits per heavy atom. The summed E-state index contributed by atoms with van der Waals surface area (Å²) in [5.41, 5.74) is 2.56. The highest BCUT2D eigenvalue weighted by Crippen LogP contribution is 2.32. The quantitative estimate of drug-likeness (QED) is 0.830. The molecule has 1 aliphatic heterocycles. The second kappa shape index (κ2) is 8.29. The monoisotopic (exact) mass is 393 g/mol. The van der Waals surface area contributed by atoms with Crippen LogP contribution in [-0.2, 0) is 14.8 Å². The van der Waals surface area contributed by atoms with E-state index in [1.807, 2.05) is 32.9 Å². The van der Waals surface area contributed by atoms with Gasteiger partial charge < -0.3 is 10.2 Å². The zero-order chi connectivity index (χ0) is 19.6. The van der Waals surface area contributed by atoms with E-state index in [1.165, 1.54) is 4.31 Å². The molecule has 1 N–H and O–H groups in total. The van der Waals surface area contributed by atoms with Crippen molar-refractivity contribution in [2.24, 2.45) is 0 Å². The van der Waals surface area contributed by atoms with Crippen molar-refractivity contribution in [1.29, 1.82) is 0 Å². The molecule has 0 atom stereocenters. The third kappa shape index (κ3) is 4.36. The molecule has 1 saturated carbocycles. The van der Waals surface area contributed by atoms with E-state index in [1.54, 1.807) is 4.90 Å². The Balaban J connectivity index is 1.93. The first kappa shape index (κ1) is 20.3. The summed E-state index contributed by atoms with van der Waals surface area (Å²) in [5.74, 6) is -0.0885. The zero-order valence-electron chi connectivity index (χ0n) is 16.6. The number of hydrogen-bond acceptors (Lipinski definition) is 4. The molecule has 27 heavy (non-hydrogen) atoms. The van der Waals surface area contributed by atoms with Gasteiger partial charge in [-0.2, -0.15) is 4.31 Å². The van der Waals surface area contributed by atoms with Crippen molar-refractivity contribution in [3.8, 4) is 0 Å². The van der Waals surface area contributed by atoms with Crippen LogP contribution in [0.2, 0.25) is 0 Å². The van der Waals surface area contributed by atoms with Crippen molar-refractivity contribution in [2.45, 2.75) is 57.4 Å². The lowest BCUT2D eigenvalue weighted by atomic mass is 10.1. The fourth-order valence-electron chi connectivity index (χ4n) is 4.44. The topological polar surface area (TPSA) is 69.7 Å². The van der Waals surface area contributed by atoms with Crippen molar-refractivity contribution in [3.05, 3.63) is 28.8 Å². The number of aryl methyl sites for hydroxylation is 3. The summed E-state index contributed by atoms with van der Waals surface area (Å²) in [6.45, 7) is 8.41. The molecule has 1 saturated heterocycles. The van der Waals surface area contributed by atoms with Gasteiger partial charge in [0.15, 0.2) is 0 Å². The van der Waals surface area contributed by atoms with Crippen molar-refractivity contribution in [2.75, 3.05) is 32.7 Å². The normalized spacial score (nSPS) is 19.0. The molecule has 1 aliphatic carbocycles. The van der Waals surface area contributed by atoms with E-state index in [9.17, 15) is 13.2 Å². The highest BCUT2D eigenvalue weighted by molar-refractivity contribution is 7.89. The van der Waals surface area contributed by atoms with Gasteiger partial charge >= 0.3 is 0 Å². The summed E-state index contributed by atoms with van der Waals surface area (Å²) in [7, 11) is -3.73. The Hall–Kier alpha value is -1.44. The first-order valence-electron chi connectivity index (χ1n) is 9.89. The molecule has 3 rings (SSSR count). The smallest absolute Gasteiger partial charge is 0.244 e. The minimum absolute atomic E-state index is 0.0558. The van der Waals surface area contributed by atoms with E-state index in [4.69, 9.17) is 0 Å². The predicted octanol–water partition coefficient (Wildman–Crippen LogP) is 1.98. The molecule has 0 bridgehead atoms. The summed E-state index contributed by atoms with van der Waals surface area (Å²) >= 11 is 0. The van der Waals surface area contributed by atoms with E-state index < -0.39 is 10.0 Å². The van der Waals surface area contributed by atoms with Crippen LogP contribution in [0.5, 0.6) is 0 Å². The van der Waals surface area contributed by atoms with Crippen molar-refractivity contribution in [3.63, 3.8) is 0 Å². The molecule has 1 amide bonds. The van der Waals surface area contributed by atoms with Gasteiger partial charge in [0, 0.05) is 32.2 Å². The minimum atomic E-state index is -3.73. The molecule has 1 aromatic carbocycles. The number of sulfonamides is 1. The van der Waals surface area contributed by atoms with E-state index in [2.05, 4.69) is 5.32 Å².